The standard InChI is InChI=1S/C12H16ClF2N3/c1-8-4-12(14,15)7-18-10(8)2-3-11-16-5-9(13)6-17-11/h5-6,8,10,18H,2-4,7H2,1H3/t8-,10-/m1/s1. The van der Waals surface area contributed by atoms with Crippen molar-refractivity contribution in [1.82, 2.24) is 15.3 Å². The third-order valence-electron chi connectivity index (χ3n) is 3.28. The zero-order chi connectivity index (χ0) is 13.2. The summed E-state index contributed by atoms with van der Waals surface area (Å²) in [5.41, 5.74) is 0. The van der Waals surface area contributed by atoms with Crippen LogP contribution in [0.15, 0.2) is 12.4 Å². The zero-order valence-corrected chi connectivity index (χ0v) is 10.9. The van der Waals surface area contributed by atoms with E-state index in [2.05, 4.69) is 15.3 Å². The summed E-state index contributed by atoms with van der Waals surface area (Å²) in [5.74, 6) is -1.92. The van der Waals surface area contributed by atoms with Crippen molar-refractivity contribution in [3.05, 3.63) is 23.2 Å². The number of nitrogens with one attached hydrogen (secondary N) is 1. The van der Waals surface area contributed by atoms with Gasteiger partial charge in [-0.15, -0.1) is 0 Å². The summed E-state index contributed by atoms with van der Waals surface area (Å²) in [4.78, 5) is 8.19. The van der Waals surface area contributed by atoms with Crippen molar-refractivity contribution in [3.8, 4) is 0 Å². The summed E-state index contributed by atoms with van der Waals surface area (Å²) >= 11 is 5.69. The molecule has 1 aliphatic rings. The third-order valence-corrected chi connectivity index (χ3v) is 3.48. The number of nitrogens with zero attached hydrogens (tertiary/aromatic N) is 2. The van der Waals surface area contributed by atoms with Gasteiger partial charge in [0.2, 0.25) is 0 Å². The molecule has 100 valence electrons. The minimum Gasteiger partial charge on any atom is -0.308 e. The lowest BCUT2D eigenvalue weighted by molar-refractivity contribution is -0.0495. The van der Waals surface area contributed by atoms with Gasteiger partial charge in [0.1, 0.15) is 5.82 Å². The molecule has 2 rings (SSSR count). The molecule has 0 amide bonds. The fourth-order valence-corrected chi connectivity index (χ4v) is 2.40. The van der Waals surface area contributed by atoms with Gasteiger partial charge in [-0.05, 0) is 12.3 Å². The zero-order valence-electron chi connectivity index (χ0n) is 10.2. The highest BCUT2D eigenvalue weighted by Crippen LogP contribution is 2.30. The molecule has 2 heterocycles. The van der Waals surface area contributed by atoms with Crippen LogP contribution < -0.4 is 5.32 Å². The predicted octanol–water partition coefficient (Wildman–Crippen LogP) is 2.70. The highest BCUT2D eigenvalue weighted by Gasteiger charge is 2.38. The van der Waals surface area contributed by atoms with E-state index in [-0.39, 0.29) is 24.9 Å². The largest absolute Gasteiger partial charge is 0.308 e. The molecule has 6 heteroatoms. The van der Waals surface area contributed by atoms with Crippen LogP contribution in [-0.4, -0.2) is 28.5 Å². The Morgan fingerprint density at radius 2 is 2.11 bits per heavy atom. The van der Waals surface area contributed by atoms with Crippen molar-refractivity contribution < 1.29 is 8.78 Å². The number of aryl methyl sites for hydroxylation is 1. The van der Waals surface area contributed by atoms with E-state index in [9.17, 15) is 8.78 Å². The Morgan fingerprint density at radius 1 is 1.44 bits per heavy atom. The smallest absolute Gasteiger partial charge is 0.260 e. The quantitative estimate of drug-likeness (QED) is 0.922. The average Bonchev–Trinajstić information content (AvgIpc) is 2.29. The van der Waals surface area contributed by atoms with Gasteiger partial charge in [0.15, 0.2) is 0 Å². The van der Waals surface area contributed by atoms with Crippen LogP contribution in [0.1, 0.15) is 25.6 Å². The SMILES string of the molecule is C[C@@H]1CC(F)(F)CN[C@@H]1CCc1ncc(Cl)cn1. The number of rotatable bonds is 3. The Labute approximate surface area is 110 Å². The summed E-state index contributed by atoms with van der Waals surface area (Å²) in [6.45, 7) is 1.62. The molecule has 0 bridgehead atoms. The maximum Gasteiger partial charge on any atom is 0.260 e. The van der Waals surface area contributed by atoms with Crippen LogP contribution in [0.3, 0.4) is 0 Å². The molecule has 0 aromatic carbocycles. The first-order valence-corrected chi connectivity index (χ1v) is 6.42. The first kappa shape index (κ1) is 13.6. The maximum atomic E-state index is 13.1. The van der Waals surface area contributed by atoms with Crippen molar-refractivity contribution in [2.24, 2.45) is 5.92 Å². The molecule has 18 heavy (non-hydrogen) atoms. The first-order chi connectivity index (χ1) is 8.46. The molecular weight excluding hydrogens is 260 g/mol. The molecule has 0 saturated carbocycles. The minimum absolute atomic E-state index is 0.0407. The number of piperidine rings is 1. The van der Waals surface area contributed by atoms with Gasteiger partial charge in [-0.3, -0.25) is 0 Å². The second-order valence-corrected chi connectivity index (χ2v) is 5.32. The highest BCUT2D eigenvalue weighted by molar-refractivity contribution is 6.30. The monoisotopic (exact) mass is 275 g/mol. The van der Waals surface area contributed by atoms with Crippen LogP contribution >= 0.6 is 11.6 Å². The van der Waals surface area contributed by atoms with Crippen LogP contribution in [-0.2, 0) is 6.42 Å². The Morgan fingerprint density at radius 3 is 2.72 bits per heavy atom. The molecule has 1 N–H and O–H groups in total. The molecule has 3 nitrogen and oxygen atoms in total. The van der Waals surface area contributed by atoms with Crippen LogP contribution in [0.4, 0.5) is 8.78 Å². The number of halogens is 3. The Kier molecular flexibility index (Phi) is 4.12. The van der Waals surface area contributed by atoms with Gasteiger partial charge >= 0.3 is 0 Å². The topological polar surface area (TPSA) is 37.8 Å². The molecule has 1 aromatic rings. The van der Waals surface area contributed by atoms with E-state index in [0.29, 0.717) is 17.3 Å². The molecule has 1 aromatic heterocycles. The summed E-state index contributed by atoms with van der Waals surface area (Å²) in [7, 11) is 0. The van der Waals surface area contributed by atoms with E-state index in [1.807, 2.05) is 6.92 Å². The third kappa shape index (κ3) is 3.59. The molecule has 1 fully saturated rings. The highest BCUT2D eigenvalue weighted by atomic mass is 35.5. The van der Waals surface area contributed by atoms with E-state index in [4.69, 9.17) is 11.6 Å². The molecule has 0 radical (unpaired) electrons. The van der Waals surface area contributed by atoms with Crippen LogP contribution in [0, 0.1) is 5.92 Å². The minimum atomic E-state index is -2.58. The molecule has 0 unspecified atom stereocenters. The molecule has 2 atom stereocenters. The summed E-state index contributed by atoms with van der Waals surface area (Å²) in [5, 5.41) is 3.41. The van der Waals surface area contributed by atoms with E-state index >= 15 is 0 Å². The van der Waals surface area contributed by atoms with E-state index in [1.165, 1.54) is 0 Å². The van der Waals surface area contributed by atoms with Crippen molar-refractivity contribution in [1.29, 1.82) is 0 Å². The van der Waals surface area contributed by atoms with Gasteiger partial charge in [-0.25, -0.2) is 18.7 Å². The Bertz CT molecular complexity index is 397. The lowest BCUT2D eigenvalue weighted by Gasteiger charge is -2.35. The maximum absolute atomic E-state index is 13.1. The van der Waals surface area contributed by atoms with Crippen LogP contribution in [0.2, 0.25) is 5.02 Å². The number of alkyl halides is 2. The van der Waals surface area contributed by atoms with Crippen molar-refractivity contribution in [2.75, 3.05) is 6.54 Å². The summed E-state index contributed by atoms with van der Waals surface area (Å²) < 4.78 is 26.3. The van der Waals surface area contributed by atoms with Crippen LogP contribution in [0.5, 0.6) is 0 Å². The second kappa shape index (κ2) is 5.45. The van der Waals surface area contributed by atoms with E-state index in [0.717, 1.165) is 6.42 Å². The molecule has 1 saturated heterocycles. The molecule has 0 spiro atoms. The fourth-order valence-electron chi connectivity index (χ4n) is 2.31. The lowest BCUT2D eigenvalue weighted by atomic mass is 9.88. The predicted molar refractivity (Wildman–Crippen MR) is 65.9 cm³/mol. The van der Waals surface area contributed by atoms with Gasteiger partial charge in [-0.2, -0.15) is 0 Å². The number of aromatic nitrogens is 2. The van der Waals surface area contributed by atoms with E-state index < -0.39 is 5.92 Å². The summed E-state index contributed by atoms with van der Waals surface area (Å²) in [6.07, 6.45) is 4.49. The Balaban J connectivity index is 1.85. The molecular formula is C12H16ClF2N3. The van der Waals surface area contributed by atoms with Crippen molar-refractivity contribution >= 4 is 11.6 Å². The number of hydrogen-bond acceptors (Lipinski definition) is 3. The average molecular weight is 276 g/mol. The second-order valence-electron chi connectivity index (χ2n) is 4.88. The van der Waals surface area contributed by atoms with Crippen molar-refractivity contribution in [3.63, 3.8) is 0 Å². The van der Waals surface area contributed by atoms with E-state index in [1.54, 1.807) is 12.4 Å². The van der Waals surface area contributed by atoms with Gasteiger partial charge in [0.05, 0.1) is 11.6 Å². The van der Waals surface area contributed by atoms with Gasteiger partial charge < -0.3 is 5.32 Å². The van der Waals surface area contributed by atoms with Crippen LogP contribution in [0.25, 0.3) is 0 Å². The number of hydrogen-bond donors (Lipinski definition) is 1. The summed E-state index contributed by atoms with van der Waals surface area (Å²) in [6, 6.07) is 0.101. The Hall–Kier alpha value is -0.810. The normalized spacial score (nSPS) is 27.1. The van der Waals surface area contributed by atoms with Gasteiger partial charge in [0, 0.05) is 31.3 Å². The van der Waals surface area contributed by atoms with Crippen molar-refractivity contribution in [2.45, 2.75) is 38.2 Å². The molecule has 1 aliphatic heterocycles. The first-order valence-electron chi connectivity index (χ1n) is 6.04. The lowest BCUT2D eigenvalue weighted by Crippen LogP contribution is -2.50. The van der Waals surface area contributed by atoms with Gasteiger partial charge in [-0.1, -0.05) is 18.5 Å². The van der Waals surface area contributed by atoms with Gasteiger partial charge in [0.25, 0.3) is 5.92 Å². The molecule has 0 aliphatic carbocycles. The fraction of sp³-hybridized carbons (Fsp3) is 0.667.